The molecule has 21 heavy (non-hydrogen) atoms. The van der Waals surface area contributed by atoms with Gasteiger partial charge in [0, 0.05) is 31.0 Å². The van der Waals surface area contributed by atoms with Crippen molar-refractivity contribution < 1.29 is 8.42 Å². The van der Waals surface area contributed by atoms with Crippen LogP contribution in [0.2, 0.25) is 0 Å². The molecule has 5 nitrogen and oxygen atoms in total. The lowest BCUT2D eigenvalue weighted by Gasteiger charge is -2.37. The maximum Gasteiger partial charge on any atom is 0.247 e. The normalized spacial score (nSPS) is 24.0. The number of piperidine rings is 1. The standard InChI is InChI=1S/C15H25N3O2S/c1-4-9-17-14-8-10-16-11-15(14)21(19,20)18-12(2)6-5-7-13(18)3/h8,10-13H,4-7,9H2,1-3H3,(H,16,17)/t12-,13+. The number of nitrogens with zero attached hydrogens (tertiary/aromatic N) is 2. The summed E-state index contributed by atoms with van der Waals surface area (Å²) in [5, 5.41) is 3.19. The van der Waals surface area contributed by atoms with E-state index in [1.165, 1.54) is 6.20 Å². The molecule has 1 aromatic rings. The first-order valence-corrected chi connectivity index (χ1v) is 9.14. The van der Waals surface area contributed by atoms with Crippen molar-refractivity contribution in [3.63, 3.8) is 0 Å². The minimum Gasteiger partial charge on any atom is -0.384 e. The minimum absolute atomic E-state index is 0.0398. The molecule has 0 unspecified atom stereocenters. The molecule has 1 aromatic heterocycles. The lowest BCUT2D eigenvalue weighted by Crippen LogP contribution is -2.47. The van der Waals surface area contributed by atoms with Crippen molar-refractivity contribution in [1.29, 1.82) is 0 Å². The van der Waals surface area contributed by atoms with E-state index in [4.69, 9.17) is 0 Å². The molecule has 0 bridgehead atoms. The number of hydrogen-bond donors (Lipinski definition) is 1. The van der Waals surface area contributed by atoms with Crippen LogP contribution < -0.4 is 5.32 Å². The Morgan fingerprint density at radius 1 is 1.33 bits per heavy atom. The molecule has 1 aliphatic heterocycles. The molecular formula is C15H25N3O2S. The fraction of sp³-hybridized carbons (Fsp3) is 0.667. The molecule has 1 aliphatic rings. The van der Waals surface area contributed by atoms with Gasteiger partial charge >= 0.3 is 0 Å². The highest BCUT2D eigenvalue weighted by atomic mass is 32.2. The van der Waals surface area contributed by atoms with Crippen LogP contribution in [0.5, 0.6) is 0 Å². The van der Waals surface area contributed by atoms with Gasteiger partial charge in [-0.25, -0.2) is 8.42 Å². The van der Waals surface area contributed by atoms with Crippen molar-refractivity contribution in [3.8, 4) is 0 Å². The largest absolute Gasteiger partial charge is 0.384 e. The van der Waals surface area contributed by atoms with Crippen molar-refractivity contribution in [2.75, 3.05) is 11.9 Å². The fourth-order valence-electron chi connectivity index (χ4n) is 2.98. The molecular weight excluding hydrogens is 286 g/mol. The summed E-state index contributed by atoms with van der Waals surface area (Å²) in [5.41, 5.74) is 0.650. The van der Waals surface area contributed by atoms with Crippen LogP contribution in [0.25, 0.3) is 0 Å². The highest BCUT2D eigenvalue weighted by molar-refractivity contribution is 7.89. The lowest BCUT2D eigenvalue weighted by atomic mass is 10.0. The molecule has 1 saturated heterocycles. The Morgan fingerprint density at radius 3 is 2.62 bits per heavy atom. The third-order valence-corrected chi connectivity index (χ3v) is 6.17. The summed E-state index contributed by atoms with van der Waals surface area (Å²) < 4.78 is 27.7. The first-order chi connectivity index (χ1) is 9.98. The summed E-state index contributed by atoms with van der Waals surface area (Å²) in [5.74, 6) is 0. The van der Waals surface area contributed by atoms with Gasteiger partial charge in [-0.1, -0.05) is 13.3 Å². The predicted molar refractivity (Wildman–Crippen MR) is 84.8 cm³/mol. The van der Waals surface area contributed by atoms with E-state index < -0.39 is 10.0 Å². The number of pyridine rings is 1. The zero-order valence-electron chi connectivity index (χ0n) is 13.0. The molecule has 0 spiro atoms. The van der Waals surface area contributed by atoms with Gasteiger partial charge in [0.25, 0.3) is 0 Å². The summed E-state index contributed by atoms with van der Waals surface area (Å²) in [7, 11) is -3.51. The van der Waals surface area contributed by atoms with Gasteiger partial charge < -0.3 is 5.32 Å². The van der Waals surface area contributed by atoms with Gasteiger partial charge in [0.05, 0.1) is 5.69 Å². The number of sulfonamides is 1. The van der Waals surface area contributed by atoms with Crippen LogP contribution in [0.3, 0.4) is 0 Å². The summed E-state index contributed by atoms with van der Waals surface area (Å²) in [6.45, 7) is 6.78. The average Bonchev–Trinajstić information content (AvgIpc) is 2.45. The molecule has 6 heteroatoms. The molecule has 118 valence electrons. The summed E-state index contributed by atoms with van der Waals surface area (Å²) in [4.78, 5) is 4.31. The van der Waals surface area contributed by atoms with Crippen LogP contribution in [0.1, 0.15) is 46.5 Å². The SMILES string of the molecule is CCCNc1ccncc1S(=O)(=O)N1[C@H](C)CCC[C@@H]1C. The topological polar surface area (TPSA) is 62.3 Å². The number of anilines is 1. The first-order valence-electron chi connectivity index (χ1n) is 7.70. The number of rotatable bonds is 5. The van der Waals surface area contributed by atoms with Gasteiger partial charge in [0.1, 0.15) is 4.90 Å². The molecule has 1 fully saturated rings. The smallest absolute Gasteiger partial charge is 0.247 e. The third-order valence-electron chi connectivity index (χ3n) is 4.02. The highest BCUT2D eigenvalue weighted by Gasteiger charge is 2.36. The second-order valence-electron chi connectivity index (χ2n) is 5.76. The predicted octanol–water partition coefficient (Wildman–Crippen LogP) is 2.86. The van der Waals surface area contributed by atoms with Crippen LogP contribution in [-0.4, -0.2) is 36.3 Å². The van der Waals surface area contributed by atoms with Gasteiger partial charge in [0.15, 0.2) is 0 Å². The van der Waals surface area contributed by atoms with Gasteiger partial charge in [-0.15, -0.1) is 0 Å². The van der Waals surface area contributed by atoms with Crippen molar-refractivity contribution in [2.45, 2.75) is 63.4 Å². The Kier molecular flexibility index (Phi) is 5.22. The molecule has 0 amide bonds. The molecule has 2 atom stereocenters. The zero-order chi connectivity index (χ0) is 15.5. The van der Waals surface area contributed by atoms with Crippen molar-refractivity contribution in [3.05, 3.63) is 18.5 Å². The lowest BCUT2D eigenvalue weighted by molar-refractivity contribution is 0.204. The zero-order valence-corrected chi connectivity index (χ0v) is 13.9. The Hall–Kier alpha value is -1.14. The fourth-order valence-corrected chi connectivity index (χ4v) is 4.97. The molecule has 1 N–H and O–H groups in total. The molecule has 2 rings (SSSR count). The van der Waals surface area contributed by atoms with Crippen LogP contribution in [0.4, 0.5) is 5.69 Å². The van der Waals surface area contributed by atoms with E-state index in [2.05, 4.69) is 17.2 Å². The average molecular weight is 311 g/mol. The highest BCUT2D eigenvalue weighted by Crippen LogP contribution is 2.32. The van der Waals surface area contributed by atoms with Gasteiger partial charge in [-0.2, -0.15) is 4.31 Å². The minimum atomic E-state index is -3.51. The Bertz CT molecular complexity index is 564. The maximum atomic E-state index is 13.0. The molecule has 2 heterocycles. The van der Waals surface area contributed by atoms with E-state index in [9.17, 15) is 8.42 Å². The van der Waals surface area contributed by atoms with E-state index in [0.29, 0.717) is 10.6 Å². The second-order valence-corrected chi connectivity index (χ2v) is 7.57. The quantitative estimate of drug-likeness (QED) is 0.908. The molecule has 0 radical (unpaired) electrons. The van der Waals surface area contributed by atoms with Gasteiger partial charge in [-0.05, 0) is 39.2 Å². The first kappa shape index (κ1) is 16.2. The van der Waals surface area contributed by atoms with Crippen LogP contribution in [0, 0.1) is 0 Å². The van der Waals surface area contributed by atoms with E-state index in [-0.39, 0.29) is 12.1 Å². The van der Waals surface area contributed by atoms with E-state index in [0.717, 1.165) is 32.2 Å². The summed E-state index contributed by atoms with van der Waals surface area (Å²) in [6, 6.07) is 1.82. The van der Waals surface area contributed by atoms with Crippen LogP contribution >= 0.6 is 0 Å². The summed E-state index contributed by atoms with van der Waals surface area (Å²) in [6.07, 6.45) is 6.95. The van der Waals surface area contributed by atoms with E-state index in [1.807, 2.05) is 13.8 Å². The summed E-state index contributed by atoms with van der Waals surface area (Å²) >= 11 is 0. The van der Waals surface area contributed by atoms with Crippen molar-refractivity contribution in [1.82, 2.24) is 9.29 Å². The maximum absolute atomic E-state index is 13.0. The Morgan fingerprint density at radius 2 is 2.00 bits per heavy atom. The molecule has 0 aromatic carbocycles. The van der Waals surface area contributed by atoms with E-state index in [1.54, 1.807) is 16.6 Å². The van der Waals surface area contributed by atoms with Gasteiger partial charge in [0.2, 0.25) is 10.0 Å². The van der Waals surface area contributed by atoms with Crippen molar-refractivity contribution in [2.24, 2.45) is 0 Å². The number of nitrogens with one attached hydrogen (secondary N) is 1. The van der Waals surface area contributed by atoms with Crippen LogP contribution in [-0.2, 0) is 10.0 Å². The molecule has 0 aliphatic carbocycles. The number of hydrogen-bond acceptors (Lipinski definition) is 4. The third kappa shape index (κ3) is 3.37. The van der Waals surface area contributed by atoms with E-state index >= 15 is 0 Å². The van der Waals surface area contributed by atoms with Crippen LogP contribution in [0.15, 0.2) is 23.4 Å². The number of aromatic nitrogens is 1. The molecule has 0 saturated carbocycles. The van der Waals surface area contributed by atoms with Gasteiger partial charge in [-0.3, -0.25) is 4.98 Å². The Labute approximate surface area is 127 Å². The van der Waals surface area contributed by atoms with Crippen molar-refractivity contribution >= 4 is 15.7 Å². The monoisotopic (exact) mass is 311 g/mol. The Balaban J connectivity index is 2.39. The second kappa shape index (κ2) is 6.75.